The maximum absolute atomic E-state index is 11.9. The van der Waals surface area contributed by atoms with Crippen molar-refractivity contribution in [3.05, 3.63) is 24.0 Å². The van der Waals surface area contributed by atoms with Gasteiger partial charge in [0.2, 0.25) is 0 Å². The van der Waals surface area contributed by atoms with E-state index in [1.54, 1.807) is 12.1 Å². The van der Waals surface area contributed by atoms with Crippen LogP contribution >= 0.6 is 0 Å². The molecule has 0 aliphatic heterocycles. The number of nitrogens with zero attached hydrogens (tertiary/aromatic N) is 2. The zero-order valence-corrected chi connectivity index (χ0v) is 8.83. The van der Waals surface area contributed by atoms with Gasteiger partial charge in [0.1, 0.15) is 0 Å². The lowest BCUT2D eigenvalue weighted by atomic mass is 10.2. The number of carbonyl (C=O) groups excluding carboxylic acids is 1. The molecule has 0 saturated carbocycles. The monoisotopic (exact) mass is 225 g/mol. The van der Waals surface area contributed by atoms with Crippen LogP contribution in [0.5, 0.6) is 0 Å². The van der Waals surface area contributed by atoms with Crippen molar-refractivity contribution < 1.29 is 15.0 Å². The van der Waals surface area contributed by atoms with Gasteiger partial charge in [0.15, 0.2) is 5.69 Å². The molecule has 0 bridgehead atoms. The largest absolute Gasteiger partial charge is 0.397 e. The van der Waals surface area contributed by atoms with Gasteiger partial charge in [0.05, 0.1) is 18.9 Å². The van der Waals surface area contributed by atoms with E-state index in [9.17, 15) is 4.79 Å². The summed E-state index contributed by atoms with van der Waals surface area (Å²) in [6.07, 6.45) is 1.47. The smallest absolute Gasteiger partial charge is 0.274 e. The summed E-state index contributed by atoms with van der Waals surface area (Å²) in [7, 11) is 0. The third-order valence-electron chi connectivity index (χ3n) is 2.07. The van der Waals surface area contributed by atoms with E-state index in [0.29, 0.717) is 0 Å². The van der Waals surface area contributed by atoms with Crippen molar-refractivity contribution in [2.45, 2.75) is 0 Å². The number of aliphatic hydroxyl groups excluding tert-OH is 2. The molecule has 0 aliphatic rings. The van der Waals surface area contributed by atoms with Crippen molar-refractivity contribution in [1.82, 2.24) is 9.88 Å². The van der Waals surface area contributed by atoms with Crippen LogP contribution in [-0.2, 0) is 0 Å². The average molecular weight is 225 g/mol. The molecule has 1 aromatic heterocycles. The highest BCUT2D eigenvalue weighted by Gasteiger charge is 2.18. The van der Waals surface area contributed by atoms with Gasteiger partial charge in [0.25, 0.3) is 5.91 Å². The minimum absolute atomic E-state index is 0.143. The summed E-state index contributed by atoms with van der Waals surface area (Å²) in [5.74, 6) is -0.388. The first-order valence-corrected chi connectivity index (χ1v) is 4.92. The molecule has 0 aliphatic carbocycles. The first-order chi connectivity index (χ1) is 7.70. The third kappa shape index (κ3) is 2.91. The van der Waals surface area contributed by atoms with Crippen molar-refractivity contribution in [2.24, 2.45) is 0 Å². The predicted octanol–water partition coefficient (Wildman–Crippen LogP) is -0.909. The summed E-state index contributed by atoms with van der Waals surface area (Å²) >= 11 is 0. The molecule has 1 aromatic rings. The van der Waals surface area contributed by atoms with E-state index in [1.165, 1.54) is 11.1 Å². The molecular formula is C10H15N3O3. The molecular weight excluding hydrogens is 210 g/mol. The van der Waals surface area contributed by atoms with Gasteiger partial charge in [-0.15, -0.1) is 0 Å². The maximum atomic E-state index is 11.9. The van der Waals surface area contributed by atoms with Crippen LogP contribution in [0.2, 0.25) is 0 Å². The van der Waals surface area contributed by atoms with Crippen LogP contribution in [-0.4, -0.2) is 52.3 Å². The number of carbonyl (C=O) groups is 1. The molecule has 1 amide bonds. The van der Waals surface area contributed by atoms with Crippen LogP contribution < -0.4 is 5.73 Å². The Bertz CT molecular complexity index is 351. The molecule has 88 valence electrons. The summed E-state index contributed by atoms with van der Waals surface area (Å²) in [4.78, 5) is 17.1. The quantitative estimate of drug-likeness (QED) is 0.602. The molecule has 0 radical (unpaired) electrons. The predicted molar refractivity (Wildman–Crippen MR) is 58.7 cm³/mol. The molecule has 4 N–H and O–H groups in total. The lowest BCUT2D eigenvalue weighted by molar-refractivity contribution is 0.0680. The van der Waals surface area contributed by atoms with Crippen LogP contribution in [0.25, 0.3) is 0 Å². The van der Waals surface area contributed by atoms with E-state index in [2.05, 4.69) is 4.98 Å². The summed E-state index contributed by atoms with van der Waals surface area (Å²) in [6, 6.07) is 3.21. The number of hydrogen-bond donors (Lipinski definition) is 3. The molecule has 16 heavy (non-hydrogen) atoms. The van der Waals surface area contributed by atoms with Crippen molar-refractivity contribution in [3.63, 3.8) is 0 Å². The normalized spacial score (nSPS) is 10.1. The first kappa shape index (κ1) is 12.4. The van der Waals surface area contributed by atoms with Gasteiger partial charge in [-0.2, -0.15) is 0 Å². The average Bonchev–Trinajstić information content (AvgIpc) is 2.28. The van der Waals surface area contributed by atoms with Gasteiger partial charge >= 0.3 is 0 Å². The minimum atomic E-state index is -0.388. The highest BCUT2D eigenvalue weighted by molar-refractivity contribution is 5.97. The third-order valence-corrected chi connectivity index (χ3v) is 2.07. The van der Waals surface area contributed by atoms with E-state index in [-0.39, 0.29) is 43.6 Å². The lowest BCUT2D eigenvalue weighted by Gasteiger charge is -2.20. The second kappa shape index (κ2) is 6.04. The summed E-state index contributed by atoms with van der Waals surface area (Å²) in [5.41, 5.74) is 6.05. The molecule has 0 spiro atoms. The Hall–Kier alpha value is -1.66. The highest BCUT2D eigenvalue weighted by Crippen LogP contribution is 2.10. The van der Waals surface area contributed by atoms with Crippen LogP contribution in [0.1, 0.15) is 10.5 Å². The number of aliphatic hydroxyl groups is 2. The molecule has 0 saturated heterocycles. The lowest BCUT2D eigenvalue weighted by Crippen LogP contribution is -2.36. The van der Waals surface area contributed by atoms with Crippen molar-refractivity contribution in [3.8, 4) is 0 Å². The summed E-state index contributed by atoms with van der Waals surface area (Å²) < 4.78 is 0. The topological polar surface area (TPSA) is 99.7 Å². The standard InChI is InChI=1S/C10H15N3O3/c11-8-2-1-3-12-9(8)10(16)13(4-6-14)5-7-15/h1-3,14-15H,4-7,11H2. The van der Waals surface area contributed by atoms with E-state index in [4.69, 9.17) is 15.9 Å². The Labute approximate surface area is 93.3 Å². The Kier molecular flexibility index (Phi) is 4.68. The second-order valence-corrected chi connectivity index (χ2v) is 3.18. The number of nitrogens with two attached hydrogens (primary N) is 1. The van der Waals surface area contributed by atoms with Crippen LogP contribution in [0.15, 0.2) is 18.3 Å². The SMILES string of the molecule is Nc1cccnc1C(=O)N(CCO)CCO. The second-order valence-electron chi connectivity index (χ2n) is 3.18. The Morgan fingerprint density at radius 1 is 1.38 bits per heavy atom. The Morgan fingerprint density at radius 3 is 2.50 bits per heavy atom. The fourth-order valence-corrected chi connectivity index (χ4v) is 1.30. The molecule has 0 fully saturated rings. The van der Waals surface area contributed by atoms with Gasteiger partial charge < -0.3 is 20.8 Å². The van der Waals surface area contributed by atoms with E-state index < -0.39 is 0 Å². The number of anilines is 1. The first-order valence-electron chi connectivity index (χ1n) is 4.92. The van der Waals surface area contributed by atoms with Crippen molar-refractivity contribution in [2.75, 3.05) is 32.0 Å². The van der Waals surface area contributed by atoms with Crippen molar-refractivity contribution in [1.29, 1.82) is 0 Å². The van der Waals surface area contributed by atoms with Crippen molar-refractivity contribution >= 4 is 11.6 Å². The fourth-order valence-electron chi connectivity index (χ4n) is 1.30. The van der Waals surface area contributed by atoms with E-state index >= 15 is 0 Å². The maximum Gasteiger partial charge on any atom is 0.274 e. The van der Waals surface area contributed by atoms with Crippen LogP contribution in [0.3, 0.4) is 0 Å². The van der Waals surface area contributed by atoms with Gasteiger partial charge in [-0.3, -0.25) is 4.79 Å². The number of rotatable bonds is 5. The molecule has 1 heterocycles. The molecule has 0 unspecified atom stereocenters. The summed E-state index contributed by atoms with van der Waals surface area (Å²) in [5, 5.41) is 17.6. The van der Waals surface area contributed by atoms with E-state index in [1.807, 2.05) is 0 Å². The number of aromatic nitrogens is 1. The zero-order valence-electron chi connectivity index (χ0n) is 8.83. The highest BCUT2D eigenvalue weighted by atomic mass is 16.3. The van der Waals surface area contributed by atoms with E-state index in [0.717, 1.165) is 0 Å². The van der Waals surface area contributed by atoms with Gasteiger partial charge in [0, 0.05) is 19.3 Å². The van der Waals surface area contributed by atoms with Gasteiger partial charge in [-0.25, -0.2) is 4.98 Å². The minimum Gasteiger partial charge on any atom is -0.397 e. The van der Waals surface area contributed by atoms with Crippen LogP contribution in [0, 0.1) is 0 Å². The number of pyridine rings is 1. The Balaban J connectivity index is 2.85. The zero-order chi connectivity index (χ0) is 12.0. The van der Waals surface area contributed by atoms with Gasteiger partial charge in [-0.1, -0.05) is 0 Å². The Morgan fingerprint density at radius 2 is 2.00 bits per heavy atom. The molecule has 0 atom stereocenters. The molecule has 1 rings (SSSR count). The number of hydrogen-bond acceptors (Lipinski definition) is 5. The van der Waals surface area contributed by atoms with Crippen LogP contribution in [0.4, 0.5) is 5.69 Å². The van der Waals surface area contributed by atoms with Gasteiger partial charge in [-0.05, 0) is 12.1 Å². The summed E-state index contributed by atoms with van der Waals surface area (Å²) in [6.45, 7) is -0.0399. The molecule has 6 nitrogen and oxygen atoms in total. The molecule has 0 aromatic carbocycles. The number of amides is 1. The number of nitrogen functional groups attached to an aromatic ring is 1. The fraction of sp³-hybridized carbons (Fsp3) is 0.400. The molecule has 6 heteroatoms.